The summed E-state index contributed by atoms with van der Waals surface area (Å²) >= 11 is 0. The number of carbonyl (C=O) groups excluding carboxylic acids is 1. The zero-order valence-corrected chi connectivity index (χ0v) is 14.0. The largest absolute Gasteiger partial charge is 0.383 e. The third kappa shape index (κ3) is 2.59. The number of aryl methyl sites for hydroxylation is 1. The summed E-state index contributed by atoms with van der Waals surface area (Å²) in [4.78, 5) is 24.2. The maximum atomic E-state index is 10.9. The van der Waals surface area contributed by atoms with Gasteiger partial charge in [0.1, 0.15) is 5.82 Å². The molecule has 3 aromatic rings. The van der Waals surface area contributed by atoms with Gasteiger partial charge in [-0.15, -0.1) is 0 Å². The van der Waals surface area contributed by atoms with E-state index in [1.165, 1.54) is 5.56 Å². The van der Waals surface area contributed by atoms with Crippen LogP contribution in [0.25, 0.3) is 22.0 Å². The van der Waals surface area contributed by atoms with Crippen LogP contribution in [0, 0.1) is 0 Å². The molecule has 3 aromatic heterocycles. The van der Waals surface area contributed by atoms with Crippen molar-refractivity contribution in [1.29, 1.82) is 0 Å². The van der Waals surface area contributed by atoms with Crippen LogP contribution in [0.1, 0.15) is 31.0 Å². The number of amides is 1. The van der Waals surface area contributed by atoms with Crippen molar-refractivity contribution in [3.05, 3.63) is 48.0 Å². The van der Waals surface area contributed by atoms with Gasteiger partial charge in [0.05, 0.1) is 16.9 Å². The second kappa shape index (κ2) is 5.81. The third-order valence-corrected chi connectivity index (χ3v) is 4.89. The number of pyridine rings is 3. The number of hydrogen-bond acceptors (Lipinski definition) is 5. The second-order valence-electron chi connectivity index (χ2n) is 6.41. The Morgan fingerprint density at radius 3 is 2.88 bits per heavy atom. The molecule has 0 atom stereocenters. The molecule has 126 valence electrons. The summed E-state index contributed by atoms with van der Waals surface area (Å²) in [6.07, 6.45) is 8.80. The van der Waals surface area contributed by atoms with Gasteiger partial charge < -0.3 is 11.1 Å². The zero-order valence-electron chi connectivity index (χ0n) is 14.0. The molecule has 0 bridgehead atoms. The summed E-state index contributed by atoms with van der Waals surface area (Å²) in [7, 11) is 0. The highest BCUT2D eigenvalue weighted by Gasteiger charge is 2.45. The van der Waals surface area contributed by atoms with Crippen LogP contribution in [-0.4, -0.2) is 21.4 Å². The van der Waals surface area contributed by atoms with E-state index in [0.29, 0.717) is 5.82 Å². The summed E-state index contributed by atoms with van der Waals surface area (Å²) in [5.41, 5.74) is 9.69. The summed E-state index contributed by atoms with van der Waals surface area (Å²) in [5.74, 6) is 0.450. The number of nitrogen functional groups attached to an aromatic ring is 1. The highest BCUT2D eigenvalue weighted by molar-refractivity contribution is 5.93. The standard InChI is InChI=1S/C19H19N5O/c1-2-12-3-6-21-9-14(12)16-7-13-8-17(19(4-5-19)23-11-25)22-10-15(13)18(20)24-16/h3,6-11H,2,4-5H2,1H3,(H2,20,24)(H,23,25). The number of nitrogens with one attached hydrogen (secondary N) is 1. The molecule has 1 aliphatic rings. The molecule has 3 N–H and O–H groups in total. The van der Waals surface area contributed by atoms with E-state index in [1.54, 1.807) is 12.4 Å². The summed E-state index contributed by atoms with van der Waals surface area (Å²) in [6.45, 7) is 2.10. The maximum Gasteiger partial charge on any atom is 0.207 e. The van der Waals surface area contributed by atoms with Gasteiger partial charge in [-0.2, -0.15) is 0 Å². The van der Waals surface area contributed by atoms with E-state index in [9.17, 15) is 4.79 Å². The summed E-state index contributed by atoms with van der Waals surface area (Å²) in [5, 5.41) is 4.68. The third-order valence-electron chi connectivity index (χ3n) is 4.89. The van der Waals surface area contributed by atoms with E-state index in [0.717, 1.165) is 53.4 Å². The van der Waals surface area contributed by atoms with Crippen LogP contribution >= 0.6 is 0 Å². The first-order chi connectivity index (χ1) is 12.2. The quantitative estimate of drug-likeness (QED) is 0.700. The molecule has 3 heterocycles. The summed E-state index contributed by atoms with van der Waals surface area (Å²) in [6, 6.07) is 6.02. The lowest BCUT2D eigenvalue weighted by atomic mass is 10.0. The first-order valence-electron chi connectivity index (χ1n) is 8.38. The van der Waals surface area contributed by atoms with Crippen LogP contribution in [0.15, 0.2) is 36.8 Å². The van der Waals surface area contributed by atoms with Crippen molar-refractivity contribution in [2.24, 2.45) is 0 Å². The molecule has 6 nitrogen and oxygen atoms in total. The van der Waals surface area contributed by atoms with E-state index in [4.69, 9.17) is 5.73 Å². The minimum absolute atomic E-state index is 0.322. The molecule has 0 radical (unpaired) electrons. The van der Waals surface area contributed by atoms with Crippen molar-refractivity contribution in [1.82, 2.24) is 20.3 Å². The van der Waals surface area contributed by atoms with Gasteiger partial charge in [-0.25, -0.2) is 4.98 Å². The van der Waals surface area contributed by atoms with E-state index < -0.39 is 0 Å². The molecule has 25 heavy (non-hydrogen) atoms. The van der Waals surface area contributed by atoms with Gasteiger partial charge in [0.2, 0.25) is 6.41 Å². The molecule has 6 heteroatoms. The van der Waals surface area contributed by atoms with Gasteiger partial charge in [-0.3, -0.25) is 14.8 Å². The number of aromatic nitrogens is 3. The van der Waals surface area contributed by atoms with Crippen LogP contribution in [0.4, 0.5) is 5.82 Å². The topological polar surface area (TPSA) is 93.8 Å². The number of nitrogens with two attached hydrogens (primary N) is 1. The number of fused-ring (bicyclic) bond motifs is 1. The predicted octanol–water partition coefficient (Wildman–Crippen LogP) is 2.57. The first-order valence-corrected chi connectivity index (χ1v) is 8.38. The van der Waals surface area contributed by atoms with Crippen molar-refractivity contribution in [3.8, 4) is 11.3 Å². The number of carbonyl (C=O) groups is 1. The monoisotopic (exact) mass is 333 g/mol. The molecule has 0 unspecified atom stereocenters. The van der Waals surface area contributed by atoms with E-state index in [-0.39, 0.29) is 5.54 Å². The van der Waals surface area contributed by atoms with Crippen LogP contribution < -0.4 is 11.1 Å². The molecule has 1 fully saturated rings. The predicted molar refractivity (Wildman–Crippen MR) is 96.7 cm³/mol. The molecule has 0 aromatic carbocycles. The Labute approximate surface area is 145 Å². The van der Waals surface area contributed by atoms with Crippen LogP contribution in [0.5, 0.6) is 0 Å². The number of hydrogen-bond donors (Lipinski definition) is 2. The molecule has 0 spiro atoms. The van der Waals surface area contributed by atoms with Crippen LogP contribution in [0.3, 0.4) is 0 Å². The Balaban J connectivity index is 1.86. The molecule has 1 aliphatic carbocycles. The lowest BCUT2D eigenvalue weighted by Gasteiger charge is -2.15. The average molecular weight is 333 g/mol. The maximum absolute atomic E-state index is 10.9. The Morgan fingerprint density at radius 1 is 1.32 bits per heavy atom. The number of anilines is 1. The first kappa shape index (κ1) is 15.5. The summed E-state index contributed by atoms with van der Waals surface area (Å²) < 4.78 is 0. The lowest BCUT2D eigenvalue weighted by molar-refractivity contribution is -0.110. The Kier molecular flexibility index (Phi) is 3.60. The average Bonchev–Trinajstić information content (AvgIpc) is 3.42. The van der Waals surface area contributed by atoms with Crippen molar-refractivity contribution in [3.63, 3.8) is 0 Å². The smallest absolute Gasteiger partial charge is 0.207 e. The highest BCUT2D eigenvalue weighted by Crippen LogP contribution is 2.45. The highest BCUT2D eigenvalue weighted by atomic mass is 16.1. The minimum atomic E-state index is -0.322. The Bertz CT molecular complexity index is 965. The Hall–Kier alpha value is -3.02. The number of nitrogens with zero attached hydrogens (tertiary/aromatic N) is 3. The van der Waals surface area contributed by atoms with E-state index >= 15 is 0 Å². The zero-order chi connectivity index (χ0) is 17.4. The van der Waals surface area contributed by atoms with Crippen molar-refractivity contribution < 1.29 is 4.79 Å². The van der Waals surface area contributed by atoms with E-state index in [2.05, 4.69) is 27.2 Å². The van der Waals surface area contributed by atoms with Crippen LogP contribution in [0.2, 0.25) is 0 Å². The lowest BCUT2D eigenvalue weighted by Crippen LogP contribution is -2.28. The number of rotatable bonds is 5. The molecular weight excluding hydrogens is 314 g/mol. The molecule has 0 saturated heterocycles. The molecule has 0 aliphatic heterocycles. The fourth-order valence-electron chi connectivity index (χ4n) is 3.25. The van der Waals surface area contributed by atoms with Gasteiger partial charge in [0.25, 0.3) is 0 Å². The fourth-order valence-corrected chi connectivity index (χ4v) is 3.25. The normalized spacial score (nSPS) is 15.1. The second-order valence-corrected chi connectivity index (χ2v) is 6.41. The van der Waals surface area contributed by atoms with Gasteiger partial charge >= 0.3 is 0 Å². The van der Waals surface area contributed by atoms with Gasteiger partial charge in [0, 0.05) is 29.5 Å². The Morgan fingerprint density at radius 2 is 2.16 bits per heavy atom. The molecule has 4 rings (SSSR count). The van der Waals surface area contributed by atoms with Gasteiger partial charge in [-0.1, -0.05) is 6.92 Å². The molecular formula is C19H19N5O. The fraction of sp³-hybridized carbons (Fsp3) is 0.263. The molecule has 1 saturated carbocycles. The molecule has 1 amide bonds. The van der Waals surface area contributed by atoms with Gasteiger partial charge in [0.15, 0.2) is 0 Å². The van der Waals surface area contributed by atoms with Crippen LogP contribution in [-0.2, 0) is 16.8 Å². The minimum Gasteiger partial charge on any atom is -0.383 e. The van der Waals surface area contributed by atoms with Crippen molar-refractivity contribution in [2.45, 2.75) is 31.7 Å². The van der Waals surface area contributed by atoms with Gasteiger partial charge in [-0.05, 0) is 48.4 Å². The van der Waals surface area contributed by atoms with Crippen molar-refractivity contribution >= 4 is 23.0 Å². The van der Waals surface area contributed by atoms with E-state index in [1.807, 2.05) is 24.4 Å². The SMILES string of the molecule is CCc1ccncc1-c1cc2cc(C3(NC=O)CC3)ncc2c(N)n1. The van der Waals surface area contributed by atoms with Crippen molar-refractivity contribution in [2.75, 3.05) is 5.73 Å².